The van der Waals surface area contributed by atoms with Crippen molar-refractivity contribution in [2.24, 2.45) is 0 Å². The summed E-state index contributed by atoms with van der Waals surface area (Å²) in [6.45, 7) is 2.71. The lowest BCUT2D eigenvalue weighted by Gasteiger charge is -2.16. The van der Waals surface area contributed by atoms with E-state index >= 15 is 0 Å². The van der Waals surface area contributed by atoms with Crippen LogP contribution in [0.5, 0.6) is 11.5 Å². The van der Waals surface area contributed by atoms with E-state index in [1.165, 1.54) is 6.08 Å². The summed E-state index contributed by atoms with van der Waals surface area (Å²) in [7, 11) is 0. The first-order valence-electron chi connectivity index (χ1n) is 11.5. The van der Waals surface area contributed by atoms with Crippen LogP contribution >= 0.6 is 0 Å². The van der Waals surface area contributed by atoms with Crippen LogP contribution in [0, 0.1) is 0 Å². The van der Waals surface area contributed by atoms with Gasteiger partial charge < -0.3 is 20.7 Å². The molecule has 3 aromatic carbocycles. The number of anilines is 1. The normalized spacial score (nSPS) is 11.6. The highest BCUT2D eigenvalue weighted by Crippen LogP contribution is 2.22. The molecule has 0 heterocycles. The minimum atomic E-state index is -0.353. The molecule has 0 bridgehead atoms. The van der Waals surface area contributed by atoms with E-state index in [1.807, 2.05) is 60.7 Å². The van der Waals surface area contributed by atoms with Crippen LogP contribution in [0.1, 0.15) is 25.3 Å². The van der Waals surface area contributed by atoms with Crippen molar-refractivity contribution < 1.29 is 14.3 Å². The van der Waals surface area contributed by atoms with Crippen LogP contribution in [0.2, 0.25) is 0 Å². The Bertz CT molecular complexity index is 1050. The maximum absolute atomic E-state index is 12.7. The Kier molecular flexibility index (Phi) is 9.74. The first kappa shape index (κ1) is 24.6. The van der Waals surface area contributed by atoms with Gasteiger partial charge in [-0.2, -0.15) is 0 Å². The Morgan fingerprint density at radius 3 is 2.21 bits per heavy atom. The Balaban J connectivity index is 1.58. The predicted molar refractivity (Wildman–Crippen MR) is 136 cm³/mol. The summed E-state index contributed by atoms with van der Waals surface area (Å²) in [6.07, 6.45) is 5.73. The number of nitrogens with one attached hydrogen (secondary N) is 3. The first-order chi connectivity index (χ1) is 16.6. The molecule has 0 saturated heterocycles. The van der Waals surface area contributed by atoms with Gasteiger partial charge in [0.15, 0.2) is 0 Å². The van der Waals surface area contributed by atoms with Gasteiger partial charge in [0.2, 0.25) is 5.91 Å². The number of urea groups is 1. The molecule has 3 N–H and O–H groups in total. The number of benzene rings is 3. The zero-order valence-corrected chi connectivity index (χ0v) is 19.4. The van der Waals surface area contributed by atoms with Crippen LogP contribution in [-0.2, 0) is 11.2 Å². The van der Waals surface area contributed by atoms with E-state index in [1.54, 1.807) is 30.3 Å². The van der Waals surface area contributed by atoms with Gasteiger partial charge in [0.1, 0.15) is 11.5 Å². The predicted octanol–water partition coefficient (Wildman–Crippen LogP) is 5.68. The van der Waals surface area contributed by atoms with Crippen molar-refractivity contribution in [2.45, 2.75) is 32.2 Å². The van der Waals surface area contributed by atoms with Gasteiger partial charge in [-0.15, -0.1) is 0 Å². The summed E-state index contributed by atoms with van der Waals surface area (Å²) in [5.74, 6) is 1.26. The molecular formula is C28H31N3O3. The smallest absolute Gasteiger partial charge is 0.319 e. The number of carbonyl (C=O) groups is 2. The quantitative estimate of drug-likeness (QED) is 0.256. The Morgan fingerprint density at radius 2 is 1.53 bits per heavy atom. The number of ether oxygens (including phenoxy) is 1. The van der Waals surface area contributed by atoms with Crippen LogP contribution in [0.4, 0.5) is 10.5 Å². The van der Waals surface area contributed by atoms with Gasteiger partial charge in [-0.1, -0.05) is 68.0 Å². The van der Waals surface area contributed by atoms with Crippen molar-refractivity contribution in [3.05, 3.63) is 103 Å². The van der Waals surface area contributed by atoms with Crippen molar-refractivity contribution in [3.63, 3.8) is 0 Å². The molecule has 0 radical (unpaired) electrons. The highest BCUT2D eigenvalue weighted by molar-refractivity contribution is 5.90. The molecule has 0 spiro atoms. The van der Waals surface area contributed by atoms with Crippen molar-refractivity contribution >= 4 is 17.6 Å². The van der Waals surface area contributed by atoms with Crippen LogP contribution in [-0.4, -0.2) is 24.5 Å². The minimum Gasteiger partial charge on any atom is -0.457 e. The first-order valence-corrected chi connectivity index (χ1v) is 11.5. The monoisotopic (exact) mass is 457 g/mol. The molecule has 176 valence electrons. The average molecular weight is 458 g/mol. The third kappa shape index (κ3) is 8.82. The zero-order valence-electron chi connectivity index (χ0n) is 19.4. The van der Waals surface area contributed by atoms with Gasteiger partial charge in [-0.25, -0.2) is 4.79 Å². The molecule has 34 heavy (non-hydrogen) atoms. The summed E-state index contributed by atoms with van der Waals surface area (Å²) in [5, 5.41) is 8.63. The molecule has 0 saturated carbocycles. The van der Waals surface area contributed by atoms with E-state index in [0.29, 0.717) is 24.4 Å². The molecule has 0 aliphatic rings. The molecule has 3 aromatic rings. The summed E-state index contributed by atoms with van der Waals surface area (Å²) in [5.41, 5.74) is 1.70. The number of hydrogen-bond donors (Lipinski definition) is 3. The summed E-state index contributed by atoms with van der Waals surface area (Å²) in [4.78, 5) is 24.7. The van der Waals surface area contributed by atoms with Crippen molar-refractivity contribution in [2.75, 3.05) is 11.9 Å². The van der Waals surface area contributed by atoms with Gasteiger partial charge >= 0.3 is 6.03 Å². The lowest BCUT2D eigenvalue weighted by atomic mass is 10.1. The maximum Gasteiger partial charge on any atom is 0.319 e. The Labute approximate surface area is 201 Å². The fraction of sp³-hybridized carbons (Fsp3) is 0.214. The van der Waals surface area contributed by atoms with Gasteiger partial charge in [0.25, 0.3) is 0 Å². The van der Waals surface area contributed by atoms with E-state index in [9.17, 15) is 9.59 Å². The fourth-order valence-electron chi connectivity index (χ4n) is 3.25. The molecule has 3 amide bonds. The molecule has 0 aliphatic carbocycles. The number of para-hydroxylation sites is 1. The highest BCUT2D eigenvalue weighted by atomic mass is 16.5. The molecule has 1 atom stereocenters. The van der Waals surface area contributed by atoms with Crippen LogP contribution in [0.3, 0.4) is 0 Å². The van der Waals surface area contributed by atoms with E-state index in [4.69, 9.17) is 4.74 Å². The molecular weight excluding hydrogens is 426 g/mol. The van der Waals surface area contributed by atoms with Gasteiger partial charge in [0.05, 0.1) is 6.04 Å². The molecule has 0 fully saturated rings. The SMILES string of the molecule is CCCCNC(=O)/C=C/C(Cc1ccccc1)NC(=O)Nc1ccc(Oc2ccccc2)cc1. The van der Waals surface area contributed by atoms with E-state index in [0.717, 1.165) is 24.2 Å². The average Bonchev–Trinajstić information content (AvgIpc) is 2.85. The zero-order chi connectivity index (χ0) is 24.0. The molecule has 1 unspecified atom stereocenters. The van der Waals surface area contributed by atoms with Crippen LogP contribution < -0.4 is 20.7 Å². The maximum atomic E-state index is 12.7. The third-order valence-corrected chi connectivity index (χ3v) is 5.02. The van der Waals surface area contributed by atoms with Gasteiger partial charge in [-0.05, 0) is 54.8 Å². The topological polar surface area (TPSA) is 79.5 Å². The molecule has 0 aliphatic heterocycles. The second-order valence-electron chi connectivity index (χ2n) is 7.84. The largest absolute Gasteiger partial charge is 0.457 e. The third-order valence-electron chi connectivity index (χ3n) is 5.02. The number of unbranched alkanes of at least 4 members (excludes halogenated alkanes) is 1. The van der Waals surface area contributed by atoms with E-state index < -0.39 is 0 Å². The van der Waals surface area contributed by atoms with Crippen molar-refractivity contribution in [3.8, 4) is 11.5 Å². The van der Waals surface area contributed by atoms with Crippen molar-refractivity contribution in [1.29, 1.82) is 0 Å². The standard InChI is InChI=1S/C28H31N3O3/c1-2-3-20-29-27(32)19-16-24(21-22-10-6-4-7-11-22)31-28(33)30-23-14-17-26(18-15-23)34-25-12-8-5-9-13-25/h4-19,24H,2-3,20-21H2,1H3,(H,29,32)(H2,30,31,33)/b19-16+. The highest BCUT2D eigenvalue weighted by Gasteiger charge is 2.11. The number of amides is 3. The lowest BCUT2D eigenvalue weighted by Crippen LogP contribution is -2.38. The second kappa shape index (κ2) is 13.5. The molecule has 0 aromatic heterocycles. The summed E-state index contributed by atoms with van der Waals surface area (Å²) in [6, 6.07) is 25.8. The summed E-state index contributed by atoms with van der Waals surface area (Å²) < 4.78 is 5.78. The van der Waals surface area contributed by atoms with Crippen LogP contribution in [0.15, 0.2) is 97.1 Å². The van der Waals surface area contributed by atoms with Gasteiger partial charge in [-0.3, -0.25) is 4.79 Å². The van der Waals surface area contributed by atoms with E-state index in [-0.39, 0.29) is 18.0 Å². The number of rotatable bonds is 11. The molecule has 6 heteroatoms. The molecule has 6 nitrogen and oxygen atoms in total. The van der Waals surface area contributed by atoms with E-state index in [2.05, 4.69) is 22.9 Å². The Hall–Kier alpha value is -4.06. The molecule has 3 rings (SSSR count). The van der Waals surface area contributed by atoms with Gasteiger partial charge in [0, 0.05) is 18.3 Å². The van der Waals surface area contributed by atoms with Crippen LogP contribution in [0.25, 0.3) is 0 Å². The number of hydrogen-bond acceptors (Lipinski definition) is 3. The summed E-state index contributed by atoms with van der Waals surface area (Å²) >= 11 is 0. The van der Waals surface area contributed by atoms with Crippen molar-refractivity contribution in [1.82, 2.24) is 10.6 Å². The number of carbonyl (C=O) groups excluding carboxylic acids is 2. The Morgan fingerprint density at radius 1 is 0.882 bits per heavy atom. The second-order valence-corrected chi connectivity index (χ2v) is 7.84. The minimum absolute atomic E-state index is 0.164. The fourth-order valence-corrected chi connectivity index (χ4v) is 3.25. The lowest BCUT2D eigenvalue weighted by molar-refractivity contribution is -0.116.